The molecule has 1 heterocycles. The molecule has 0 aliphatic heterocycles. The molecule has 1 aromatic heterocycles. The first-order valence-electron chi connectivity index (χ1n) is 6.44. The highest BCUT2D eigenvalue weighted by Crippen LogP contribution is 2.23. The highest BCUT2D eigenvalue weighted by molar-refractivity contribution is 9.10. The number of thioether (sulfide) groups is 1. The molecule has 0 atom stereocenters. The van der Waals surface area contributed by atoms with E-state index >= 15 is 0 Å². The van der Waals surface area contributed by atoms with Gasteiger partial charge in [0.2, 0.25) is 15.9 Å². The maximum absolute atomic E-state index is 13.3. The van der Waals surface area contributed by atoms with Crippen molar-refractivity contribution in [1.29, 1.82) is 0 Å². The van der Waals surface area contributed by atoms with Gasteiger partial charge in [-0.1, -0.05) is 16.9 Å². The molecule has 1 aromatic carbocycles. The first-order chi connectivity index (χ1) is 11.8. The van der Waals surface area contributed by atoms with E-state index in [4.69, 9.17) is 0 Å². The van der Waals surface area contributed by atoms with Gasteiger partial charge in [-0.3, -0.25) is 0 Å². The van der Waals surface area contributed by atoms with Crippen LogP contribution in [0.4, 0.5) is 10.1 Å². The molecule has 25 heavy (non-hydrogen) atoms. The zero-order valence-electron chi connectivity index (χ0n) is 12.5. The van der Waals surface area contributed by atoms with Crippen molar-refractivity contribution >= 4 is 55.5 Å². The van der Waals surface area contributed by atoms with Crippen LogP contribution in [0.5, 0.6) is 0 Å². The summed E-state index contributed by atoms with van der Waals surface area (Å²) in [6.07, 6.45) is 2.16. The van der Waals surface area contributed by atoms with E-state index in [1.54, 1.807) is 0 Å². The zero-order chi connectivity index (χ0) is 18.4. The van der Waals surface area contributed by atoms with Crippen LogP contribution >= 0.6 is 27.7 Å². The predicted octanol–water partition coefficient (Wildman–Crippen LogP) is 2.34. The number of rotatable bonds is 6. The standard InChI is InChI=1S/C12H11BrFN5O4S2/c1-25(21,22)15-4-5-24-12-10(18-23-19-12)11(17-20)16-7-2-3-9(14)8(13)6-7/h2-4,6,20H,5H2,1H3,(H,16,17). The summed E-state index contributed by atoms with van der Waals surface area (Å²) in [7, 11) is -3.46. The van der Waals surface area contributed by atoms with E-state index in [0.29, 0.717) is 5.69 Å². The molecule has 13 heteroatoms. The van der Waals surface area contributed by atoms with Gasteiger partial charge in [-0.25, -0.2) is 17.4 Å². The average molecular weight is 452 g/mol. The summed E-state index contributed by atoms with van der Waals surface area (Å²) >= 11 is 4.12. The van der Waals surface area contributed by atoms with E-state index in [-0.39, 0.29) is 26.8 Å². The second-order valence-corrected chi connectivity index (χ2v) is 7.99. The number of nitrogens with one attached hydrogen (secondary N) is 1. The van der Waals surface area contributed by atoms with Crippen LogP contribution in [0.25, 0.3) is 0 Å². The molecule has 2 rings (SSSR count). The number of nitrogens with zero attached hydrogens (tertiary/aromatic N) is 4. The minimum absolute atomic E-state index is 0.0812. The lowest BCUT2D eigenvalue weighted by Gasteiger charge is -2.07. The van der Waals surface area contributed by atoms with Crippen molar-refractivity contribution in [3.8, 4) is 0 Å². The predicted molar refractivity (Wildman–Crippen MR) is 94.4 cm³/mol. The van der Waals surface area contributed by atoms with E-state index in [2.05, 4.69) is 45.7 Å². The summed E-state index contributed by atoms with van der Waals surface area (Å²) in [6, 6.07) is 4.10. The van der Waals surface area contributed by atoms with Crippen LogP contribution < -0.4 is 5.32 Å². The van der Waals surface area contributed by atoms with E-state index < -0.39 is 15.8 Å². The molecule has 0 amide bonds. The molecule has 9 nitrogen and oxygen atoms in total. The summed E-state index contributed by atoms with van der Waals surface area (Å²) < 4.78 is 43.3. The van der Waals surface area contributed by atoms with Crippen LogP contribution in [0.15, 0.2) is 41.9 Å². The highest BCUT2D eigenvalue weighted by atomic mass is 79.9. The van der Waals surface area contributed by atoms with E-state index in [9.17, 15) is 18.0 Å². The van der Waals surface area contributed by atoms with Gasteiger partial charge < -0.3 is 10.5 Å². The third-order valence-electron chi connectivity index (χ3n) is 2.53. The fourth-order valence-corrected chi connectivity index (χ4v) is 3.03. The van der Waals surface area contributed by atoms with Crippen molar-refractivity contribution in [2.24, 2.45) is 9.55 Å². The fourth-order valence-electron chi connectivity index (χ4n) is 1.54. The van der Waals surface area contributed by atoms with Crippen LogP contribution in [0.1, 0.15) is 5.69 Å². The van der Waals surface area contributed by atoms with Gasteiger partial charge in [0.05, 0.1) is 10.7 Å². The molecule has 0 fully saturated rings. The van der Waals surface area contributed by atoms with Gasteiger partial charge in [-0.2, -0.15) is 4.40 Å². The lowest BCUT2D eigenvalue weighted by atomic mass is 10.3. The van der Waals surface area contributed by atoms with Crippen LogP contribution in [-0.4, -0.2) is 48.0 Å². The Morgan fingerprint density at radius 3 is 2.92 bits per heavy atom. The normalized spacial score (nSPS) is 12.7. The van der Waals surface area contributed by atoms with Crippen LogP contribution in [-0.2, 0) is 10.0 Å². The molecule has 0 radical (unpaired) electrons. The Balaban J connectivity index is 2.12. The zero-order valence-corrected chi connectivity index (χ0v) is 15.8. The number of hydrogen-bond donors (Lipinski definition) is 2. The number of hydrogen-bond acceptors (Lipinski definition) is 8. The van der Waals surface area contributed by atoms with Crippen molar-refractivity contribution in [3.63, 3.8) is 0 Å². The number of benzene rings is 1. The second kappa shape index (κ2) is 8.40. The Hall–Kier alpha value is -1.99. The molecule has 0 aliphatic carbocycles. The largest absolute Gasteiger partial charge is 0.409 e. The third kappa shape index (κ3) is 5.79. The molecular weight excluding hydrogens is 441 g/mol. The SMILES string of the molecule is CS(=O)(=O)N=CCSc1nonc1C(=NO)Nc1ccc(F)c(Br)c1. The fraction of sp³-hybridized carbons (Fsp3) is 0.167. The summed E-state index contributed by atoms with van der Waals surface area (Å²) in [5, 5.41) is 22.6. The summed E-state index contributed by atoms with van der Waals surface area (Å²) in [6.45, 7) is 0. The Morgan fingerprint density at radius 1 is 1.52 bits per heavy atom. The maximum Gasteiger partial charge on any atom is 0.249 e. The number of aromatic nitrogens is 2. The molecule has 0 bridgehead atoms. The molecular formula is C12H11BrFN5O4S2. The topological polar surface area (TPSA) is 130 Å². The lowest BCUT2D eigenvalue weighted by molar-refractivity contribution is 0.297. The first kappa shape index (κ1) is 19.3. The summed E-state index contributed by atoms with van der Waals surface area (Å²) in [5.74, 6) is -0.352. The molecule has 134 valence electrons. The van der Waals surface area contributed by atoms with E-state index in [1.165, 1.54) is 24.4 Å². The number of amidine groups is 1. The quantitative estimate of drug-likeness (QED) is 0.225. The van der Waals surface area contributed by atoms with E-state index in [0.717, 1.165) is 18.0 Å². The number of anilines is 1. The number of oxime groups is 1. The number of sulfonamides is 1. The lowest BCUT2D eigenvalue weighted by Crippen LogP contribution is -2.15. The summed E-state index contributed by atoms with van der Waals surface area (Å²) in [4.78, 5) is 0. The van der Waals surface area contributed by atoms with Gasteiger partial charge in [-0.15, -0.1) is 0 Å². The third-order valence-corrected chi connectivity index (χ3v) is 4.52. The Bertz CT molecular complexity index is 916. The van der Waals surface area contributed by atoms with Crippen molar-refractivity contribution in [2.45, 2.75) is 5.03 Å². The van der Waals surface area contributed by atoms with E-state index in [1.807, 2.05) is 0 Å². The molecule has 0 saturated carbocycles. The van der Waals surface area contributed by atoms with Crippen molar-refractivity contribution in [1.82, 2.24) is 10.3 Å². The first-order valence-corrected chi connectivity index (χ1v) is 10.1. The van der Waals surface area contributed by atoms with Gasteiger partial charge in [0, 0.05) is 17.7 Å². The minimum Gasteiger partial charge on any atom is -0.409 e. The second-order valence-electron chi connectivity index (χ2n) is 4.45. The van der Waals surface area contributed by atoms with Crippen LogP contribution in [0.2, 0.25) is 0 Å². The molecule has 0 aliphatic rings. The summed E-state index contributed by atoms with van der Waals surface area (Å²) in [5.41, 5.74) is 0.527. The van der Waals surface area contributed by atoms with Gasteiger partial charge in [0.1, 0.15) is 5.82 Å². The molecule has 0 unspecified atom stereocenters. The van der Waals surface area contributed by atoms with Gasteiger partial charge >= 0.3 is 0 Å². The minimum atomic E-state index is -3.46. The number of halogens is 2. The van der Waals surface area contributed by atoms with Crippen molar-refractivity contribution in [3.05, 3.63) is 34.2 Å². The van der Waals surface area contributed by atoms with Crippen molar-refractivity contribution < 1.29 is 22.6 Å². The Morgan fingerprint density at radius 2 is 2.28 bits per heavy atom. The monoisotopic (exact) mass is 451 g/mol. The molecule has 2 N–H and O–H groups in total. The molecule has 0 spiro atoms. The van der Waals surface area contributed by atoms with Crippen LogP contribution in [0, 0.1) is 5.82 Å². The van der Waals surface area contributed by atoms with Gasteiger partial charge in [0.15, 0.2) is 10.7 Å². The van der Waals surface area contributed by atoms with Gasteiger partial charge in [0.25, 0.3) is 0 Å². The van der Waals surface area contributed by atoms with Crippen LogP contribution in [0.3, 0.4) is 0 Å². The Kier molecular flexibility index (Phi) is 6.50. The molecule has 2 aromatic rings. The molecule has 0 saturated heterocycles. The smallest absolute Gasteiger partial charge is 0.249 e. The van der Waals surface area contributed by atoms with Crippen molar-refractivity contribution in [2.75, 3.05) is 17.3 Å². The highest BCUT2D eigenvalue weighted by Gasteiger charge is 2.18. The Labute approximate surface area is 154 Å². The maximum atomic E-state index is 13.3. The average Bonchev–Trinajstić information content (AvgIpc) is 3.00. The van der Waals surface area contributed by atoms with Gasteiger partial charge in [-0.05, 0) is 44.4 Å².